The Bertz CT molecular complexity index is 1010. The normalized spacial score (nSPS) is 16.5. The molecule has 2 saturated carbocycles. The van der Waals surface area contributed by atoms with E-state index in [9.17, 15) is 10.0 Å². The van der Waals surface area contributed by atoms with Gasteiger partial charge < -0.3 is 10.5 Å². The van der Waals surface area contributed by atoms with Crippen LogP contribution in [0.4, 0.5) is 5.69 Å². The van der Waals surface area contributed by atoms with Gasteiger partial charge in [-0.3, -0.25) is 4.79 Å². The number of rotatable bonds is 5. The van der Waals surface area contributed by atoms with Crippen molar-refractivity contribution in [3.8, 4) is 5.69 Å². The van der Waals surface area contributed by atoms with Crippen molar-refractivity contribution in [2.75, 3.05) is 5.32 Å². The quantitative estimate of drug-likeness (QED) is 0.539. The second-order valence-corrected chi connectivity index (χ2v) is 8.27. The van der Waals surface area contributed by atoms with Crippen molar-refractivity contribution in [3.63, 3.8) is 0 Å². The Morgan fingerprint density at radius 3 is 2.52 bits per heavy atom. The molecule has 0 saturated heterocycles. The van der Waals surface area contributed by atoms with E-state index in [0.717, 1.165) is 21.8 Å². The molecule has 0 aliphatic heterocycles. The van der Waals surface area contributed by atoms with E-state index in [4.69, 9.17) is 5.10 Å². The lowest BCUT2D eigenvalue weighted by Crippen LogP contribution is -2.27. The molecule has 138 valence electrons. The molecule has 2 aliphatic carbocycles. The first-order valence-electron chi connectivity index (χ1n) is 9.29. The molecule has 2 aliphatic rings. The summed E-state index contributed by atoms with van der Waals surface area (Å²) >= 11 is 1.15. The Hall–Kier alpha value is -2.67. The number of thiazole rings is 1. The van der Waals surface area contributed by atoms with Crippen LogP contribution in [-0.4, -0.2) is 15.7 Å². The fourth-order valence-electron chi connectivity index (χ4n) is 3.33. The van der Waals surface area contributed by atoms with Crippen LogP contribution in [0.1, 0.15) is 64.3 Å². The van der Waals surface area contributed by atoms with Crippen molar-refractivity contribution in [3.05, 3.63) is 63.0 Å². The van der Waals surface area contributed by atoms with Crippen LogP contribution < -0.4 is 10.0 Å². The van der Waals surface area contributed by atoms with Crippen LogP contribution in [0, 0.1) is 12.1 Å². The highest BCUT2D eigenvalue weighted by Crippen LogP contribution is 2.45. The summed E-state index contributed by atoms with van der Waals surface area (Å²) in [6.45, 7) is 1.65. The van der Waals surface area contributed by atoms with E-state index >= 15 is 0 Å². The van der Waals surface area contributed by atoms with Crippen LogP contribution >= 0.6 is 11.3 Å². The minimum absolute atomic E-state index is 0.256. The molecule has 0 atom stereocenters. The summed E-state index contributed by atoms with van der Waals surface area (Å²) in [6, 6.07) is 10.0. The van der Waals surface area contributed by atoms with Gasteiger partial charge in [0.1, 0.15) is 0 Å². The van der Waals surface area contributed by atoms with Crippen LogP contribution in [0.2, 0.25) is 0 Å². The predicted molar refractivity (Wildman–Crippen MR) is 103 cm³/mol. The molecule has 1 amide bonds. The summed E-state index contributed by atoms with van der Waals surface area (Å²) in [6.07, 6.45) is 4.98. The van der Waals surface area contributed by atoms with Gasteiger partial charge in [-0.25, -0.2) is 4.68 Å². The van der Waals surface area contributed by atoms with Gasteiger partial charge in [-0.05, 0) is 56.0 Å². The number of nitrogens with zero attached hydrogens (tertiary/aromatic N) is 3. The van der Waals surface area contributed by atoms with Crippen molar-refractivity contribution >= 4 is 22.9 Å². The molecule has 3 aromatic rings. The van der Waals surface area contributed by atoms with Crippen LogP contribution in [0.15, 0.2) is 35.8 Å². The zero-order valence-corrected chi connectivity index (χ0v) is 15.8. The number of amides is 1. The van der Waals surface area contributed by atoms with Gasteiger partial charge in [0, 0.05) is 30.1 Å². The summed E-state index contributed by atoms with van der Waals surface area (Å²) in [5.41, 5.74) is 6.06. The van der Waals surface area contributed by atoms with Crippen molar-refractivity contribution in [1.29, 1.82) is 0 Å². The van der Waals surface area contributed by atoms with Crippen LogP contribution in [-0.2, 0) is 0 Å². The molecule has 2 heterocycles. The van der Waals surface area contributed by atoms with E-state index in [2.05, 4.69) is 16.1 Å². The van der Waals surface area contributed by atoms with Gasteiger partial charge in [-0.2, -0.15) is 9.83 Å². The molecular formula is C20H20N4O2S. The van der Waals surface area contributed by atoms with E-state index in [1.54, 1.807) is 6.92 Å². The summed E-state index contributed by atoms with van der Waals surface area (Å²) in [5, 5.41) is 19.2. The average Bonchev–Trinajstić information content (AvgIpc) is 3.60. The number of aromatic nitrogens is 3. The van der Waals surface area contributed by atoms with Crippen LogP contribution in [0.5, 0.6) is 0 Å². The van der Waals surface area contributed by atoms with Gasteiger partial charge in [-0.15, -0.1) is 0 Å². The van der Waals surface area contributed by atoms with E-state index in [0.29, 0.717) is 28.1 Å². The van der Waals surface area contributed by atoms with Gasteiger partial charge in [0.25, 0.3) is 5.91 Å². The zero-order valence-electron chi connectivity index (χ0n) is 15.0. The topological polar surface area (TPSA) is 73.9 Å². The third kappa shape index (κ3) is 3.12. The highest BCUT2D eigenvalue weighted by atomic mass is 32.1. The molecule has 0 spiro atoms. The Kier molecular flexibility index (Phi) is 3.79. The van der Waals surface area contributed by atoms with Gasteiger partial charge in [0.15, 0.2) is 4.88 Å². The van der Waals surface area contributed by atoms with E-state index in [1.165, 1.54) is 42.6 Å². The van der Waals surface area contributed by atoms with E-state index < -0.39 is 0 Å². The van der Waals surface area contributed by atoms with Gasteiger partial charge in [0.2, 0.25) is 11.2 Å². The first-order valence-corrected chi connectivity index (χ1v) is 10.2. The van der Waals surface area contributed by atoms with Crippen molar-refractivity contribution in [2.45, 2.75) is 44.4 Å². The molecule has 5 rings (SSSR count). The van der Waals surface area contributed by atoms with E-state index in [-0.39, 0.29) is 5.91 Å². The molecule has 7 heteroatoms. The molecule has 1 aromatic carbocycles. The molecule has 1 N–H and O–H groups in total. The first-order chi connectivity index (χ1) is 13.1. The summed E-state index contributed by atoms with van der Waals surface area (Å²) in [7, 11) is 0. The Morgan fingerprint density at radius 1 is 1.22 bits per heavy atom. The van der Waals surface area contributed by atoms with Gasteiger partial charge in [-0.1, -0.05) is 11.3 Å². The molecule has 0 unspecified atom stereocenters. The Morgan fingerprint density at radius 2 is 1.93 bits per heavy atom. The van der Waals surface area contributed by atoms with Gasteiger partial charge >= 0.3 is 0 Å². The highest BCUT2D eigenvalue weighted by Gasteiger charge is 2.32. The summed E-state index contributed by atoms with van der Waals surface area (Å²) in [4.78, 5) is 12.8. The van der Waals surface area contributed by atoms with E-state index in [1.807, 2.05) is 24.3 Å². The largest absolute Gasteiger partial charge is 0.618 e. The molecule has 0 bridgehead atoms. The third-order valence-electron chi connectivity index (χ3n) is 5.25. The molecule has 0 radical (unpaired) electrons. The molecule has 2 aromatic heterocycles. The van der Waals surface area contributed by atoms with Crippen molar-refractivity contribution in [1.82, 2.24) is 9.78 Å². The number of benzene rings is 1. The summed E-state index contributed by atoms with van der Waals surface area (Å²) in [5.74, 6) is 1.01. The number of carbonyl (C=O) groups is 1. The maximum Gasteiger partial charge on any atom is 0.272 e. The SMILES string of the molecule is Cc1c(C(=O)Nc2ccc(-n3nc(C4CC4)cc3C3CC3)cc2)sc[n+]1[O-]. The number of hydrogen-bond acceptors (Lipinski definition) is 4. The average molecular weight is 380 g/mol. The molecule has 2 fully saturated rings. The number of nitrogens with one attached hydrogen (secondary N) is 1. The molecule has 6 nitrogen and oxygen atoms in total. The van der Waals surface area contributed by atoms with Crippen molar-refractivity contribution < 1.29 is 9.52 Å². The maximum absolute atomic E-state index is 12.4. The lowest BCUT2D eigenvalue weighted by Gasteiger charge is -2.08. The highest BCUT2D eigenvalue weighted by molar-refractivity contribution is 7.11. The fourth-order valence-corrected chi connectivity index (χ4v) is 4.10. The Balaban J connectivity index is 1.37. The van der Waals surface area contributed by atoms with Gasteiger partial charge in [0.05, 0.1) is 11.4 Å². The number of carbonyl (C=O) groups excluding carboxylic acids is 1. The maximum atomic E-state index is 12.4. The minimum atomic E-state index is -0.256. The third-order valence-corrected chi connectivity index (χ3v) is 6.26. The van der Waals surface area contributed by atoms with Crippen LogP contribution in [0.3, 0.4) is 0 Å². The molecule has 27 heavy (non-hydrogen) atoms. The minimum Gasteiger partial charge on any atom is -0.618 e. The monoisotopic (exact) mass is 380 g/mol. The first kappa shape index (κ1) is 16.5. The second-order valence-electron chi connectivity index (χ2n) is 7.42. The smallest absolute Gasteiger partial charge is 0.272 e. The lowest BCUT2D eigenvalue weighted by molar-refractivity contribution is -0.606. The second kappa shape index (κ2) is 6.20. The predicted octanol–water partition coefficient (Wildman–Crippen LogP) is 3.88. The molecular weight excluding hydrogens is 360 g/mol. The van der Waals surface area contributed by atoms with Crippen molar-refractivity contribution in [2.24, 2.45) is 0 Å². The lowest BCUT2D eigenvalue weighted by atomic mass is 10.2. The fraction of sp³-hybridized carbons (Fsp3) is 0.350. The van der Waals surface area contributed by atoms with Crippen LogP contribution in [0.25, 0.3) is 5.69 Å². The zero-order chi connectivity index (χ0) is 18.5. The number of anilines is 1. The number of hydrogen-bond donors (Lipinski definition) is 1. The Labute approximate surface area is 161 Å². The summed E-state index contributed by atoms with van der Waals surface area (Å²) < 4.78 is 2.79. The standard InChI is InChI=1S/C20H20N4O2S/c1-12-19(27-11-23(12)26)20(25)21-15-6-8-16(9-7-15)24-18(14-4-5-14)10-17(22-24)13-2-3-13/h6-11,13-14H,2-5H2,1H3,(H,21,25).